The molecule has 138 valence electrons. The molecule has 4 rings (SSSR count). The lowest BCUT2D eigenvalue weighted by atomic mass is 10.0. The van der Waals surface area contributed by atoms with Gasteiger partial charge < -0.3 is 9.84 Å². The molecular formula is C20H17F2N3O2. The zero-order chi connectivity index (χ0) is 19.0. The molecule has 1 aliphatic carbocycles. The molecule has 0 bridgehead atoms. The minimum Gasteiger partial charge on any atom is -0.341 e. The first kappa shape index (κ1) is 17.3. The zero-order valence-electron chi connectivity index (χ0n) is 14.6. The Morgan fingerprint density at radius 1 is 1.22 bits per heavy atom. The quantitative estimate of drug-likeness (QED) is 0.725. The fourth-order valence-electron chi connectivity index (χ4n) is 2.83. The fraction of sp³-hybridized carbons (Fsp3) is 0.250. The molecule has 2 aromatic carbocycles. The third-order valence-corrected chi connectivity index (χ3v) is 4.51. The minimum absolute atomic E-state index is 0.101. The molecule has 1 saturated carbocycles. The molecular weight excluding hydrogens is 352 g/mol. The Labute approximate surface area is 154 Å². The molecule has 0 spiro atoms. The molecule has 0 aliphatic heterocycles. The maximum Gasteiger partial charge on any atom is 0.251 e. The van der Waals surface area contributed by atoms with Crippen molar-refractivity contribution >= 4 is 5.91 Å². The maximum absolute atomic E-state index is 14.0. The number of hydrogen-bond acceptors (Lipinski definition) is 4. The first-order valence-corrected chi connectivity index (χ1v) is 8.71. The van der Waals surface area contributed by atoms with Crippen molar-refractivity contribution in [3.05, 3.63) is 71.4 Å². The molecule has 5 nitrogen and oxygen atoms in total. The van der Waals surface area contributed by atoms with Crippen LogP contribution in [0, 0.1) is 11.6 Å². The average molecular weight is 369 g/mol. The van der Waals surface area contributed by atoms with Gasteiger partial charge in [0.05, 0.1) is 0 Å². The summed E-state index contributed by atoms with van der Waals surface area (Å²) in [4.78, 5) is 16.9. The largest absolute Gasteiger partial charge is 0.341 e. The molecule has 3 aromatic rings. The van der Waals surface area contributed by atoms with Crippen LogP contribution in [0.5, 0.6) is 0 Å². The molecule has 1 atom stereocenters. The van der Waals surface area contributed by atoms with Gasteiger partial charge in [0.2, 0.25) is 5.89 Å². The number of rotatable bonds is 5. The molecule has 1 unspecified atom stereocenters. The van der Waals surface area contributed by atoms with Gasteiger partial charge >= 0.3 is 0 Å². The number of nitrogens with one attached hydrogen (secondary N) is 1. The third kappa shape index (κ3) is 3.58. The van der Waals surface area contributed by atoms with Gasteiger partial charge in [-0.15, -0.1) is 0 Å². The third-order valence-electron chi connectivity index (χ3n) is 4.51. The second kappa shape index (κ2) is 6.90. The lowest BCUT2D eigenvalue weighted by molar-refractivity contribution is 0.0932. The second-order valence-corrected chi connectivity index (χ2v) is 6.64. The van der Waals surface area contributed by atoms with Gasteiger partial charge in [-0.1, -0.05) is 29.4 Å². The van der Waals surface area contributed by atoms with Crippen molar-refractivity contribution in [3.8, 4) is 11.1 Å². The van der Waals surface area contributed by atoms with Crippen LogP contribution in [-0.4, -0.2) is 16.0 Å². The monoisotopic (exact) mass is 369 g/mol. The number of nitrogens with zero attached hydrogens (tertiary/aromatic N) is 2. The van der Waals surface area contributed by atoms with E-state index in [1.807, 2.05) is 0 Å². The summed E-state index contributed by atoms with van der Waals surface area (Å²) in [6.07, 6.45) is 2.12. The van der Waals surface area contributed by atoms with E-state index < -0.39 is 17.7 Å². The summed E-state index contributed by atoms with van der Waals surface area (Å²) >= 11 is 0. The van der Waals surface area contributed by atoms with Gasteiger partial charge in [0.15, 0.2) is 17.5 Å². The highest BCUT2D eigenvalue weighted by Gasteiger charge is 2.30. The van der Waals surface area contributed by atoms with E-state index in [9.17, 15) is 13.6 Å². The predicted molar refractivity (Wildman–Crippen MR) is 93.9 cm³/mol. The van der Waals surface area contributed by atoms with Crippen LogP contribution >= 0.6 is 0 Å². The molecule has 7 heteroatoms. The summed E-state index contributed by atoms with van der Waals surface area (Å²) in [5.41, 5.74) is 0.842. The Kier molecular flexibility index (Phi) is 4.43. The van der Waals surface area contributed by atoms with Crippen molar-refractivity contribution in [3.63, 3.8) is 0 Å². The predicted octanol–water partition coefficient (Wildman–Crippen LogP) is 4.38. The van der Waals surface area contributed by atoms with Crippen molar-refractivity contribution in [1.29, 1.82) is 0 Å². The molecule has 0 saturated heterocycles. The maximum atomic E-state index is 14.0. The van der Waals surface area contributed by atoms with Gasteiger partial charge in [0, 0.05) is 17.0 Å². The molecule has 1 fully saturated rings. The standard InChI is InChI=1S/C20H17F2N3O2/c1-11(20-24-18(25-27-20)12-8-9-12)23-19(26)14-5-2-4-13(10-14)15-6-3-7-16(21)17(15)22/h2-7,10-12H,8-9H2,1H3,(H,23,26). The van der Waals surface area contributed by atoms with Crippen LogP contribution in [0.15, 0.2) is 47.0 Å². The van der Waals surface area contributed by atoms with E-state index in [4.69, 9.17) is 4.52 Å². The van der Waals surface area contributed by atoms with E-state index in [1.54, 1.807) is 25.1 Å². The lowest BCUT2D eigenvalue weighted by Gasteiger charge is -2.11. The lowest BCUT2D eigenvalue weighted by Crippen LogP contribution is -2.26. The highest BCUT2D eigenvalue weighted by molar-refractivity contribution is 5.95. The van der Waals surface area contributed by atoms with Crippen molar-refractivity contribution in [2.75, 3.05) is 0 Å². The fourth-order valence-corrected chi connectivity index (χ4v) is 2.83. The van der Waals surface area contributed by atoms with E-state index >= 15 is 0 Å². The Bertz CT molecular complexity index is 998. The molecule has 1 amide bonds. The average Bonchev–Trinajstić information content (AvgIpc) is 3.40. The van der Waals surface area contributed by atoms with Gasteiger partial charge in [-0.2, -0.15) is 4.98 Å². The topological polar surface area (TPSA) is 68.0 Å². The van der Waals surface area contributed by atoms with Crippen molar-refractivity contribution in [2.45, 2.75) is 31.7 Å². The normalized spacial score (nSPS) is 14.8. The van der Waals surface area contributed by atoms with Crippen molar-refractivity contribution in [1.82, 2.24) is 15.5 Å². The van der Waals surface area contributed by atoms with E-state index in [-0.39, 0.29) is 11.5 Å². The van der Waals surface area contributed by atoms with E-state index in [0.29, 0.717) is 28.8 Å². The highest BCUT2D eigenvalue weighted by atomic mass is 19.2. The van der Waals surface area contributed by atoms with Gasteiger partial charge in [-0.25, -0.2) is 8.78 Å². The van der Waals surface area contributed by atoms with E-state index in [2.05, 4.69) is 15.5 Å². The SMILES string of the molecule is CC(NC(=O)c1cccc(-c2cccc(F)c2F)c1)c1nc(C2CC2)no1. The van der Waals surface area contributed by atoms with Crippen molar-refractivity contribution < 1.29 is 18.1 Å². The molecule has 1 aliphatic rings. The summed E-state index contributed by atoms with van der Waals surface area (Å²) in [6.45, 7) is 1.75. The van der Waals surface area contributed by atoms with Crippen LogP contribution in [0.25, 0.3) is 11.1 Å². The Morgan fingerprint density at radius 3 is 2.78 bits per heavy atom. The first-order chi connectivity index (χ1) is 13.0. The number of carbonyl (C=O) groups excluding carboxylic acids is 1. The first-order valence-electron chi connectivity index (χ1n) is 8.71. The number of aromatic nitrogens is 2. The summed E-state index contributed by atoms with van der Waals surface area (Å²) in [7, 11) is 0. The van der Waals surface area contributed by atoms with Gasteiger partial charge in [-0.05, 0) is 43.5 Å². The number of amides is 1. The number of halogens is 2. The summed E-state index contributed by atoms with van der Waals surface area (Å²) in [5.74, 6) is -0.858. The van der Waals surface area contributed by atoms with Crippen LogP contribution in [-0.2, 0) is 0 Å². The van der Waals surface area contributed by atoms with Gasteiger partial charge in [0.1, 0.15) is 6.04 Å². The van der Waals surface area contributed by atoms with Crippen LogP contribution in [0.1, 0.15) is 53.8 Å². The molecule has 0 radical (unpaired) electrons. The summed E-state index contributed by atoms with van der Waals surface area (Å²) < 4.78 is 32.7. The van der Waals surface area contributed by atoms with Crippen LogP contribution in [0.3, 0.4) is 0 Å². The molecule has 27 heavy (non-hydrogen) atoms. The second-order valence-electron chi connectivity index (χ2n) is 6.64. The highest BCUT2D eigenvalue weighted by Crippen LogP contribution is 2.38. The number of benzene rings is 2. The Balaban J connectivity index is 1.52. The number of hydrogen-bond donors (Lipinski definition) is 1. The summed E-state index contributed by atoms with van der Waals surface area (Å²) in [6, 6.07) is 9.85. The zero-order valence-corrected chi connectivity index (χ0v) is 14.6. The molecule has 1 aromatic heterocycles. The van der Waals surface area contributed by atoms with E-state index in [0.717, 1.165) is 18.9 Å². The van der Waals surface area contributed by atoms with Gasteiger partial charge in [0.25, 0.3) is 5.91 Å². The van der Waals surface area contributed by atoms with Crippen LogP contribution in [0.2, 0.25) is 0 Å². The Morgan fingerprint density at radius 2 is 2.00 bits per heavy atom. The molecule has 1 heterocycles. The van der Waals surface area contributed by atoms with E-state index in [1.165, 1.54) is 18.2 Å². The van der Waals surface area contributed by atoms with Crippen LogP contribution < -0.4 is 5.32 Å². The number of carbonyl (C=O) groups is 1. The minimum atomic E-state index is -0.943. The van der Waals surface area contributed by atoms with Crippen LogP contribution in [0.4, 0.5) is 8.78 Å². The molecule has 1 N–H and O–H groups in total. The summed E-state index contributed by atoms with van der Waals surface area (Å²) in [5, 5.41) is 6.72. The smallest absolute Gasteiger partial charge is 0.251 e. The Hall–Kier alpha value is -3.09. The van der Waals surface area contributed by atoms with Crippen molar-refractivity contribution in [2.24, 2.45) is 0 Å². The van der Waals surface area contributed by atoms with Gasteiger partial charge in [-0.3, -0.25) is 4.79 Å².